The Morgan fingerprint density at radius 2 is 1.89 bits per heavy atom. The Morgan fingerprint density at radius 3 is 2.68 bits per heavy atom. The van der Waals surface area contributed by atoms with Crippen molar-refractivity contribution in [3.8, 4) is 22.8 Å². The molecule has 194 valence electrons. The highest BCUT2D eigenvalue weighted by Gasteiger charge is 2.27. The molecule has 3 amide bonds. The minimum atomic E-state index is -0.781. The predicted octanol–water partition coefficient (Wildman–Crippen LogP) is 2.87. The Labute approximate surface area is 214 Å². The van der Waals surface area contributed by atoms with Gasteiger partial charge in [0, 0.05) is 18.2 Å². The van der Waals surface area contributed by atoms with Gasteiger partial charge in [-0.25, -0.2) is 0 Å². The van der Waals surface area contributed by atoms with Crippen LogP contribution in [0.25, 0.3) is 11.3 Å². The van der Waals surface area contributed by atoms with E-state index in [4.69, 9.17) is 14.0 Å². The molecule has 3 N–H and O–H groups in total. The van der Waals surface area contributed by atoms with Crippen molar-refractivity contribution in [1.29, 1.82) is 0 Å². The third-order valence-corrected chi connectivity index (χ3v) is 6.06. The van der Waals surface area contributed by atoms with Crippen LogP contribution >= 0.6 is 0 Å². The summed E-state index contributed by atoms with van der Waals surface area (Å²) in [6, 6.07) is 13.4. The number of ether oxygens (including phenoxy) is 2. The van der Waals surface area contributed by atoms with Crippen molar-refractivity contribution < 1.29 is 28.4 Å². The molecule has 3 aromatic rings. The number of hydrogen-bond acceptors (Lipinski definition) is 7. The highest BCUT2D eigenvalue weighted by Crippen LogP contribution is 2.26. The van der Waals surface area contributed by atoms with Gasteiger partial charge in [0.05, 0.1) is 19.2 Å². The van der Waals surface area contributed by atoms with Gasteiger partial charge >= 0.3 is 0 Å². The van der Waals surface area contributed by atoms with Crippen LogP contribution in [0.15, 0.2) is 53.1 Å². The summed E-state index contributed by atoms with van der Waals surface area (Å²) in [5, 5.41) is 12.6. The van der Waals surface area contributed by atoms with Crippen LogP contribution in [-0.4, -0.2) is 55.7 Å². The van der Waals surface area contributed by atoms with Crippen molar-refractivity contribution in [3.63, 3.8) is 0 Å². The summed E-state index contributed by atoms with van der Waals surface area (Å²) in [6.45, 7) is 2.39. The zero-order chi connectivity index (χ0) is 26.2. The molecule has 0 spiro atoms. The van der Waals surface area contributed by atoms with Crippen molar-refractivity contribution in [2.24, 2.45) is 0 Å². The molecule has 1 atom stereocenters. The Kier molecular flexibility index (Phi) is 8.40. The van der Waals surface area contributed by atoms with E-state index in [-0.39, 0.29) is 25.0 Å². The van der Waals surface area contributed by atoms with E-state index in [0.29, 0.717) is 59.9 Å². The van der Waals surface area contributed by atoms with Gasteiger partial charge in [-0.05, 0) is 38.3 Å². The summed E-state index contributed by atoms with van der Waals surface area (Å²) < 4.78 is 16.3. The summed E-state index contributed by atoms with van der Waals surface area (Å²) in [5.74, 6) is 0.273. The van der Waals surface area contributed by atoms with Gasteiger partial charge in [-0.3, -0.25) is 14.4 Å². The zero-order valence-electron chi connectivity index (χ0n) is 20.8. The van der Waals surface area contributed by atoms with Crippen molar-refractivity contribution in [2.45, 2.75) is 32.2 Å². The second-order valence-electron chi connectivity index (χ2n) is 8.61. The summed E-state index contributed by atoms with van der Waals surface area (Å²) in [4.78, 5) is 39.0. The average molecular weight is 507 g/mol. The number of hydrogen-bond donors (Lipinski definition) is 3. The predicted molar refractivity (Wildman–Crippen MR) is 136 cm³/mol. The first-order valence-electron chi connectivity index (χ1n) is 12.2. The molecule has 0 fully saturated rings. The van der Waals surface area contributed by atoms with E-state index in [0.717, 1.165) is 5.56 Å². The number of nitrogens with zero attached hydrogens (tertiary/aromatic N) is 1. The third-order valence-electron chi connectivity index (χ3n) is 6.06. The summed E-state index contributed by atoms with van der Waals surface area (Å²) in [6.07, 6.45) is 1.63. The number of rotatable bonds is 4. The van der Waals surface area contributed by atoms with Crippen LogP contribution in [0.1, 0.15) is 45.7 Å². The molecule has 0 radical (unpaired) electrons. The van der Waals surface area contributed by atoms with Gasteiger partial charge in [0.15, 0.2) is 0 Å². The fraction of sp³-hybridized carbons (Fsp3) is 0.333. The third kappa shape index (κ3) is 6.27. The fourth-order valence-corrected chi connectivity index (χ4v) is 4.10. The molecule has 37 heavy (non-hydrogen) atoms. The van der Waals surface area contributed by atoms with Gasteiger partial charge < -0.3 is 29.9 Å². The Balaban J connectivity index is 1.47. The number of benzene rings is 2. The maximum Gasteiger partial charge on any atom is 0.257 e. The maximum atomic E-state index is 13.3. The number of aromatic nitrogens is 1. The molecule has 10 nitrogen and oxygen atoms in total. The van der Waals surface area contributed by atoms with Crippen LogP contribution in [0.2, 0.25) is 0 Å². The van der Waals surface area contributed by atoms with Crippen LogP contribution in [0.5, 0.6) is 11.5 Å². The standard InChI is InChI=1S/C27H30N4O6/c1-17-23(24(31-37-17)18-8-4-3-5-9-18)27(34)30-21-10-6-7-13-28-25(32)20-12-11-19(35-2)16-22(20)36-15-14-29-26(21)33/h3-5,8-9,11-12,16,21H,6-7,10,13-15H2,1-2H3,(H,28,32)(H,29,33)(H,30,34)/t21-/m0/s1. The lowest BCUT2D eigenvalue weighted by atomic mass is 10.0. The topological polar surface area (TPSA) is 132 Å². The summed E-state index contributed by atoms with van der Waals surface area (Å²) in [5.41, 5.74) is 1.85. The second kappa shape index (κ2) is 12.1. The van der Waals surface area contributed by atoms with Crippen molar-refractivity contribution >= 4 is 17.7 Å². The van der Waals surface area contributed by atoms with E-state index in [2.05, 4.69) is 21.1 Å². The molecule has 2 aromatic carbocycles. The van der Waals surface area contributed by atoms with E-state index < -0.39 is 11.9 Å². The van der Waals surface area contributed by atoms with E-state index in [9.17, 15) is 14.4 Å². The first kappa shape index (κ1) is 25.7. The van der Waals surface area contributed by atoms with Crippen LogP contribution in [0, 0.1) is 6.92 Å². The number of methoxy groups -OCH3 is 1. The molecule has 1 aliphatic heterocycles. The second-order valence-corrected chi connectivity index (χ2v) is 8.61. The number of amides is 3. The van der Waals surface area contributed by atoms with Gasteiger partial charge in [0.25, 0.3) is 11.8 Å². The zero-order valence-corrected chi connectivity index (χ0v) is 20.8. The molecule has 4 rings (SSSR count). The number of aryl methyl sites for hydroxylation is 1. The van der Waals surface area contributed by atoms with Gasteiger partial charge in [-0.2, -0.15) is 0 Å². The normalized spacial score (nSPS) is 16.9. The number of nitrogens with one attached hydrogen (secondary N) is 3. The smallest absolute Gasteiger partial charge is 0.257 e. The Morgan fingerprint density at radius 1 is 1.08 bits per heavy atom. The van der Waals surface area contributed by atoms with E-state index in [1.54, 1.807) is 25.1 Å². The van der Waals surface area contributed by atoms with E-state index in [1.165, 1.54) is 7.11 Å². The lowest BCUT2D eigenvalue weighted by Crippen LogP contribution is -2.47. The highest BCUT2D eigenvalue weighted by atomic mass is 16.5. The number of carbonyl (C=O) groups is 3. The van der Waals surface area contributed by atoms with Crippen molar-refractivity contribution in [3.05, 3.63) is 65.4 Å². The minimum Gasteiger partial charge on any atom is -0.497 e. The highest BCUT2D eigenvalue weighted by molar-refractivity contribution is 6.02. The molecule has 0 bridgehead atoms. The molecule has 0 saturated heterocycles. The lowest BCUT2D eigenvalue weighted by molar-refractivity contribution is -0.123. The van der Waals surface area contributed by atoms with Gasteiger partial charge in [-0.1, -0.05) is 35.5 Å². The van der Waals surface area contributed by atoms with Gasteiger partial charge in [-0.15, -0.1) is 0 Å². The SMILES string of the molecule is COc1ccc2c(c1)OCCNC(=O)[C@@H](NC(=O)c1c(-c3ccccc3)noc1C)CCCCNC2=O. The summed E-state index contributed by atoms with van der Waals surface area (Å²) >= 11 is 0. The molecule has 1 aromatic heterocycles. The molecule has 10 heteroatoms. The monoisotopic (exact) mass is 506 g/mol. The van der Waals surface area contributed by atoms with Crippen molar-refractivity contribution in [1.82, 2.24) is 21.1 Å². The molecule has 0 aliphatic carbocycles. The average Bonchev–Trinajstić information content (AvgIpc) is 3.31. The maximum absolute atomic E-state index is 13.3. The Bertz CT molecular complexity index is 1260. The van der Waals surface area contributed by atoms with Gasteiger partial charge in [0.1, 0.15) is 41.2 Å². The molecule has 1 aliphatic rings. The lowest BCUT2D eigenvalue weighted by Gasteiger charge is -2.20. The van der Waals surface area contributed by atoms with Crippen LogP contribution < -0.4 is 25.4 Å². The van der Waals surface area contributed by atoms with E-state index >= 15 is 0 Å². The quantitative estimate of drug-likeness (QED) is 0.496. The molecular weight excluding hydrogens is 476 g/mol. The molecule has 0 unspecified atom stereocenters. The summed E-state index contributed by atoms with van der Waals surface area (Å²) in [7, 11) is 1.53. The number of fused-ring (bicyclic) bond motifs is 1. The van der Waals surface area contributed by atoms with Crippen LogP contribution in [-0.2, 0) is 4.79 Å². The van der Waals surface area contributed by atoms with Gasteiger partial charge in [0.2, 0.25) is 5.91 Å². The minimum absolute atomic E-state index is 0.128. The van der Waals surface area contributed by atoms with Crippen LogP contribution in [0.3, 0.4) is 0 Å². The van der Waals surface area contributed by atoms with Crippen LogP contribution in [0.4, 0.5) is 0 Å². The molecular formula is C27H30N4O6. The molecule has 0 saturated carbocycles. The first-order valence-corrected chi connectivity index (χ1v) is 12.2. The largest absolute Gasteiger partial charge is 0.497 e. The number of carbonyl (C=O) groups excluding carboxylic acids is 3. The van der Waals surface area contributed by atoms with E-state index in [1.807, 2.05) is 30.3 Å². The van der Waals surface area contributed by atoms with Crippen molar-refractivity contribution in [2.75, 3.05) is 26.8 Å². The fourth-order valence-electron chi connectivity index (χ4n) is 4.10. The molecule has 2 heterocycles. The Hall–Kier alpha value is -4.34. The first-order chi connectivity index (χ1) is 18.0.